The number of nitrogens with zero attached hydrogens (tertiary/aromatic N) is 1. The van der Waals surface area contributed by atoms with Gasteiger partial charge < -0.3 is 5.32 Å². The van der Waals surface area contributed by atoms with Gasteiger partial charge in [0.1, 0.15) is 5.82 Å². The first-order valence-corrected chi connectivity index (χ1v) is 8.24. The molecule has 6 nitrogen and oxygen atoms in total. The predicted molar refractivity (Wildman–Crippen MR) is 83.7 cm³/mol. The number of sulfonamides is 1. The maximum Gasteiger partial charge on any atom is 0.238 e. The van der Waals surface area contributed by atoms with Gasteiger partial charge in [0.2, 0.25) is 15.9 Å². The van der Waals surface area contributed by atoms with Crippen molar-refractivity contribution < 1.29 is 13.2 Å². The molecule has 2 rings (SSSR count). The molecule has 0 spiro atoms. The van der Waals surface area contributed by atoms with Crippen molar-refractivity contribution in [3.63, 3.8) is 0 Å². The highest BCUT2D eigenvalue weighted by atomic mass is 32.2. The van der Waals surface area contributed by atoms with Gasteiger partial charge in [-0.15, -0.1) is 0 Å². The third kappa shape index (κ3) is 4.64. The van der Waals surface area contributed by atoms with Gasteiger partial charge in [-0.3, -0.25) is 4.79 Å². The van der Waals surface area contributed by atoms with Gasteiger partial charge in [-0.05, 0) is 43.2 Å². The van der Waals surface area contributed by atoms with Crippen molar-refractivity contribution in [3.05, 3.63) is 53.7 Å². The third-order valence-electron chi connectivity index (χ3n) is 3.05. The lowest BCUT2D eigenvalue weighted by Crippen LogP contribution is -2.14. The van der Waals surface area contributed by atoms with Gasteiger partial charge in [-0.2, -0.15) is 0 Å². The normalized spacial score (nSPS) is 11.2. The molecule has 0 aliphatic rings. The topological polar surface area (TPSA) is 102 Å². The molecule has 0 unspecified atom stereocenters. The van der Waals surface area contributed by atoms with E-state index in [0.717, 1.165) is 11.3 Å². The van der Waals surface area contributed by atoms with E-state index in [9.17, 15) is 13.2 Å². The molecule has 0 saturated heterocycles. The second kappa shape index (κ2) is 6.67. The van der Waals surface area contributed by atoms with Crippen LogP contribution in [0.15, 0.2) is 47.4 Å². The van der Waals surface area contributed by atoms with Crippen LogP contribution < -0.4 is 10.5 Å². The van der Waals surface area contributed by atoms with E-state index in [1.807, 2.05) is 19.1 Å². The Balaban J connectivity index is 1.91. The summed E-state index contributed by atoms with van der Waals surface area (Å²) in [5.74, 6) is 0.378. The SMILES string of the molecule is Cc1cccc(NC(=O)CCc2ccc(S(N)(=O)=O)cc2)n1. The van der Waals surface area contributed by atoms with Gasteiger partial charge in [-0.25, -0.2) is 18.5 Å². The lowest BCUT2D eigenvalue weighted by molar-refractivity contribution is -0.116. The van der Waals surface area contributed by atoms with Crippen molar-refractivity contribution in [2.75, 3.05) is 5.32 Å². The lowest BCUT2D eigenvalue weighted by atomic mass is 10.1. The first-order valence-electron chi connectivity index (χ1n) is 6.70. The van der Waals surface area contributed by atoms with Crippen LogP contribution in [0.5, 0.6) is 0 Å². The summed E-state index contributed by atoms with van der Waals surface area (Å²) in [6, 6.07) is 11.6. The molecule has 2 aromatic rings. The summed E-state index contributed by atoms with van der Waals surface area (Å²) in [6.45, 7) is 1.85. The second-order valence-corrected chi connectivity index (χ2v) is 6.46. The first kappa shape index (κ1) is 16.1. The number of aromatic nitrogens is 1. The van der Waals surface area contributed by atoms with Crippen molar-refractivity contribution in [1.29, 1.82) is 0 Å². The molecule has 22 heavy (non-hydrogen) atoms. The number of amides is 1. The Kier molecular flexibility index (Phi) is 4.89. The lowest BCUT2D eigenvalue weighted by Gasteiger charge is -2.06. The number of aryl methyl sites for hydroxylation is 2. The molecule has 0 radical (unpaired) electrons. The molecule has 1 amide bonds. The van der Waals surface area contributed by atoms with E-state index in [1.165, 1.54) is 12.1 Å². The number of primary sulfonamides is 1. The molecule has 0 saturated carbocycles. The van der Waals surface area contributed by atoms with Gasteiger partial charge in [0.25, 0.3) is 0 Å². The van der Waals surface area contributed by atoms with Crippen molar-refractivity contribution in [2.24, 2.45) is 5.14 Å². The Bertz CT molecular complexity index is 771. The number of anilines is 1. The predicted octanol–water partition coefficient (Wildman–Crippen LogP) is 1.61. The fraction of sp³-hybridized carbons (Fsp3) is 0.200. The molecule has 0 fully saturated rings. The molecule has 1 aromatic carbocycles. The summed E-state index contributed by atoms with van der Waals surface area (Å²) in [4.78, 5) is 16.1. The van der Waals surface area contributed by atoms with E-state index in [-0.39, 0.29) is 17.2 Å². The molecule has 1 aromatic heterocycles. The van der Waals surface area contributed by atoms with E-state index in [2.05, 4.69) is 10.3 Å². The van der Waals surface area contributed by atoms with Gasteiger partial charge in [0.15, 0.2) is 0 Å². The summed E-state index contributed by atoms with van der Waals surface area (Å²) < 4.78 is 22.3. The highest BCUT2D eigenvalue weighted by Crippen LogP contribution is 2.11. The zero-order valence-electron chi connectivity index (χ0n) is 12.1. The fourth-order valence-corrected chi connectivity index (χ4v) is 2.44. The monoisotopic (exact) mass is 319 g/mol. The molecule has 116 valence electrons. The van der Waals surface area contributed by atoms with Gasteiger partial charge in [-0.1, -0.05) is 18.2 Å². The van der Waals surface area contributed by atoms with Crippen LogP contribution in [0.3, 0.4) is 0 Å². The summed E-state index contributed by atoms with van der Waals surface area (Å²) >= 11 is 0. The van der Waals surface area contributed by atoms with E-state index in [4.69, 9.17) is 5.14 Å². The average molecular weight is 319 g/mol. The summed E-state index contributed by atoms with van der Waals surface area (Å²) in [6.07, 6.45) is 0.785. The fourth-order valence-electron chi connectivity index (χ4n) is 1.92. The smallest absolute Gasteiger partial charge is 0.238 e. The number of rotatable bonds is 5. The zero-order valence-corrected chi connectivity index (χ0v) is 12.9. The van der Waals surface area contributed by atoms with E-state index >= 15 is 0 Å². The van der Waals surface area contributed by atoms with E-state index in [1.54, 1.807) is 18.2 Å². The van der Waals surface area contributed by atoms with Crippen LogP contribution in [0.25, 0.3) is 0 Å². The van der Waals surface area contributed by atoms with Crippen molar-refractivity contribution >= 4 is 21.7 Å². The molecule has 3 N–H and O–H groups in total. The van der Waals surface area contributed by atoms with Crippen LogP contribution in [0.4, 0.5) is 5.82 Å². The zero-order chi connectivity index (χ0) is 16.2. The van der Waals surface area contributed by atoms with Crippen LogP contribution >= 0.6 is 0 Å². The number of hydrogen-bond acceptors (Lipinski definition) is 4. The number of nitrogens with one attached hydrogen (secondary N) is 1. The summed E-state index contributed by atoms with van der Waals surface area (Å²) in [5.41, 5.74) is 1.69. The standard InChI is InChI=1S/C15H17N3O3S/c1-11-3-2-4-14(17-11)18-15(19)10-7-12-5-8-13(9-6-12)22(16,20)21/h2-6,8-9H,7,10H2,1H3,(H2,16,20,21)(H,17,18,19). The minimum Gasteiger partial charge on any atom is -0.311 e. The van der Waals surface area contributed by atoms with Gasteiger partial charge in [0, 0.05) is 12.1 Å². The number of benzene rings is 1. The molecule has 7 heteroatoms. The summed E-state index contributed by atoms with van der Waals surface area (Å²) in [5, 5.41) is 7.75. The summed E-state index contributed by atoms with van der Waals surface area (Å²) in [7, 11) is -3.68. The number of hydrogen-bond donors (Lipinski definition) is 2. The van der Waals surface area contributed by atoms with Crippen molar-refractivity contribution in [1.82, 2.24) is 4.98 Å². The number of carbonyl (C=O) groups excluding carboxylic acids is 1. The molecule has 0 atom stereocenters. The highest BCUT2D eigenvalue weighted by molar-refractivity contribution is 7.89. The maximum absolute atomic E-state index is 11.9. The third-order valence-corrected chi connectivity index (χ3v) is 3.98. The Hall–Kier alpha value is -2.25. The molecule has 0 aliphatic heterocycles. The number of carbonyl (C=O) groups is 1. The molecule has 0 bridgehead atoms. The largest absolute Gasteiger partial charge is 0.311 e. The molecule has 0 aliphatic carbocycles. The Labute approximate surface area is 129 Å². The minimum absolute atomic E-state index is 0.0599. The van der Waals surface area contributed by atoms with Crippen LogP contribution in [0.2, 0.25) is 0 Å². The minimum atomic E-state index is -3.68. The Morgan fingerprint density at radius 1 is 1.18 bits per heavy atom. The van der Waals surface area contributed by atoms with Crippen molar-refractivity contribution in [2.45, 2.75) is 24.7 Å². The van der Waals surface area contributed by atoms with Crippen LogP contribution in [-0.2, 0) is 21.2 Å². The number of pyridine rings is 1. The van der Waals surface area contributed by atoms with Crippen molar-refractivity contribution in [3.8, 4) is 0 Å². The average Bonchev–Trinajstić information content (AvgIpc) is 2.45. The van der Waals surface area contributed by atoms with E-state index in [0.29, 0.717) is 12.2 Å². The van der Waals surface area contributed by atoms with Crippen LogP contribution in [0.1, 0.15) is 17.7 Å². The highest BCUT2D eigenvalue weighted by Gasteiger charge is 2.08. The van der Waals surface area contributed by atoms with Gasteiger partial charge >= 0.3 is 0 Å². The van der Waals surface area contributed by atoms with Crippen LogP contribution in [-0.4, -0.2) is 19.3 Å². The van der Waals surface area contributed by atoms with Crippen LogP contribution in [0, 0.1) is 6.92 Å². The Morgan fingerprint density at radius 2 is 1.86 bits per heavy atom. The van der Waals surface area contributed by atoms with Gasteiger partial charge in [0.05, 0.1) is 4.90 Å². The molecular formula is C15H17N3O3S. The Morgan fingerprint density at radius 3 is 2.45 bits per heavy atom. The van der Waals surface area contributed by atoms with E-state index < -0.39 is 10.0 Å². The maximum atomic E-state index is 11.9. The first-order chi connectivity index (χ1) is 10.3. The molecular weight excluding hydrogens is 302 g/mol. The molecule has 1 heterocycles. The quantitative estimate of drug-likeness (QED) is 0.874. The number of nitrogens with two attached hydrogens (primary N) is 1. The second-order valence-electron chi connectivity index (χ2n) is 4.90.